The van der Waals surface area contributed by atoms with Crippen molar-refractivity contribution in [3.63, 3.8) is 0 Å². The topological polar surface area (TPSA) is 78.4 Å². The van der Waals surface area contributed by atoms with Gasteiger partial charge in [-0.2, -0.15) is 0 Å². The second-order valence-corrected chi connectivity index (χ2v) is 9.16. The predicted molar refractivity (Wildman–Crippen MR) is 130 cm³/mol. The Morgan fingerprint density at radius 2 is 1.91 bits per heavy atom. The first kappa shape index (κ1) is 21.7. The number of aryl methyl sites for hydroxylation is 1. The van der Waals surface area contributed by atoms with Crippen LogP contribution in [0.2, 0.25) is 0 Å². The zero-order chi connectivity index (χ0) is 22.8. The minimum Gasteiger partial charge on any atom is -0.353 e. The molecule has 0 bridgehead atoms. The molecule has 3 heterocycles. The van der Waals surface area contributed by atoms with E-state index in [1.54, 1.807) is 0 Å². The van der Waals surface area contributed by atoms with Crippen molar-refractivity contribution in [2.45, 2.75) is 43.9 Å². The Balaban J connectivity index is 1.18. The van der Waals surface area contributed by atoms with Crippen molar-refractivity contribution in [3.8, 4) is 0 Å². The number of nitrogens with one attached hydrogen (secondary N) is 3. The summed E-state index contributed by atoms with van der Waals surface area (Å²) in [7, 11) is 2.07. The summed E-state index contributed by atoms with van der Waals surface area (Å²) in [5, 5.41) is 11.0. The lowest BCUT2D eigenvalue weighted by Gasteiger charge is -2.37. The highest BCUT2D eigenvalue weighted by Crippen LogP contribution is 2.27. The highest BCUT2D eigenvalue weighted by atomic mass is 16.2. The number of carbonyl (C=O) groups excluding carboxylic acids is 2. The van der Waals surface area contributed by atoms with Crippen LogP contribution in [-0.4, -0.2) is 52.5 Å². The van der Waals surface area contributed by atoms with Crippen molar-refractivity contribution >= 4 is 28.4 Å². The van der Waals surface area contributed by atoms with E-state index in [1.807, 2.05) is 30.3 Å². The van der Waals surface area contributed by atoms with Gasteiger partial charge in [-0.15, -0.1) is 0 Å². The first-order valence-electron chi connectivity index (χ1n) is 11.7. The fourth-order valence-electron chi connectivity index (χ4n) is 5.26. The number of carbonyl (C=O) groups is 2. The van der Waals surface area contributed by atoms with Crippen molar-refractivity contribution in [1.82, 2.24) is 20.1 Å². The highest BCUT2D eigenvalue weighted by molar-refractivity contribution is 5.90. The Hall–Kier alpha value is -3.16. The van der Waals surface area contributed by atoms with Gasteiger partial charge in [0.05, 0.1) is 6.04 Å². The van der Waals surface area contributed by atoms with Crippen LogP contribution in [0.15, 0.2) is 60.8 Å². The summed E-state index contributed by atoms with van der Waals surface area (Å²) in [6.45, 7) is 2.20. The molecule has 7 heteroatoms. The Morgan fingerprint density at radius 1 is 1.12 bits per heavy atom. The zero-order valence-electron chi connectivity index (χ0n) is 19.0. The van der Waals surface area contributed by atoms with Crippen molar-refractivity contribution in [1.29, 1.82) is 0 Å². The predicted octanol–water partition coefficient (Wildman–Crippen LogP) is 2.63. The molecule has 0 unspecified atom stereocenters. The van der Waals surface area contributed by atoms with Gasteiger partial charge in [-0.3, -0.25) is 14.5 Å². The summed E-state index contributed by atoms with van der Waals surface area (Å²) in [4.78, 5) is 27.2. The van der Waals surface area contributed by atoms with Gasteiger partial charge in [-0.25, -0.2) is 0 Å². The lowest BCUT2D eigenvalue weighted by atomic mass is 10.0. The molecule has 2 aliphatic heterocycles. The number of hydrogen-bond acceptors (Lipinski definition) is 4. The normalized spacial score (nSPS) is 22.8. The van der Waals surface area contributed by atoms with Crippen LogP contribution in [0, 0.1) is 0 Å². The van der Waals surface area contributed by atoms with E-state index < -0.39 is 0 Å². The molecule has 3 N–H and O–H groups in total. The number of fused-ring (bicyclic) bond motifs is 2. The summed E-state index contributed by atoms with van der Waals surface area (Å²) < 4.78 is 2.16. The highest BCUT2D eigenvalue weighted by Gasteiger charge is 2.43. The van der Waals surface area contributed by atoms with Gasteiger partial charge >= 0.3 is 0 Å². The van der Waals surface area contributed by atoms with Gasteiger partial charge in [0.25, 0.3) is 0 Å². The van der Waals surface area contributed by atoms with Crippen LogP contribution in [0.5, 0.6) is 0 Å². The van der Waals surface area contributed by atoms with Crippen molar-refractivity contribution < 1.29 is 9.59 Å². The van der Waals surface area contributed by atoms with Gasteiger partial charge in [-0.05, 0) is 36.6 Å². The number of aromatic nitrogens is 1. The monoisotopic (exact) mass is 445 g/mol. The van der Waals surface area contributed by atoms with E-state index in [2.05, 4.69) is 62.9 Å². The summed E-state index contributed by atoms with van der Waals surface area (Å²) in [5.74, 6) is 0.119. The molecular weight excluding hydrogens is 414 g/mol. The molecule has 2 fully saturated rings. The Morgan fingerprint density at radius 3 is 2.76 bits per heavy atom. The van der Waals surface area contributed by atoms with Crippen LogP contribution >= 0.6 is 0 Å². The van der Waals surface area contributed by atoms with Crippen LogP contribution < -0.4 is 16.0 Å². The molecule has 5 rings (SSSR count). The standard InChI is InChI=1S/C26H31N5O2/c1-30-16-18(22-9-5-6-10-23(22)30)14-27-20-13-24-26(33)28-15-21(31(24)17-20)11-12-25(32)29-19-7-3-2-4-8-19/h2-10,16,20-21,24,27H,11-15,17H2,1H3,(H,28,33)(H,29,32)/t20-,21-,24-/m1/s1. The van der Waals surface area contributed by atoms with Gasteiger partial charge < -0.3 is 20.5 Å². The van der Waals surface area contributed by atoms with Gasteiger partial charge in [0.1, 0.15) is 0 Å². The van der Waals surface area contributed by atoms with Crippen molar-refractivity contribution in [2.24, 2.45) is 7.05 Å². The summed E-state index contributed by atoms with van der Waals surface area (Å²) in [6.07, 6.45) is 4.14. The largest absolute Gasteiger partial charge is 0.353 e. The van der Waals surface area contributed by atoms with Crippen LogP contribution in [0.3, 0.4) is 0 Å². The molecule has 3 aromatic rings. The number of hydrogen-bond donors (Lipinski definition) is 3. The molecule has 0 spiro atoms. The molecule has 7 nitrogen and oxygen atoms in total. The van der Waals surface area contributed by atoms with E-state index in [1.165, 1.54) is 16.5 Å². The van der Waals surface area contributed by atoms with Gasteiger partial charge in [0, 0.05) is 68.0 Å². The molecule has 0 saturated carbocycles. The van der Waals surface area contributed by atoms with Crippen molar-refractivity contribution in [3.05, 3.63) is 66.4 Å². The maximum Gasteiger partial charge on any atom is 0.237 e. The molecular formula is C26H31N5O2. The molecule has 2 amide bonds. The van der Waals surface area contributed by atoms with Crippen molar-refractivity contribution in [2.75, 3.05) is 18.4 Å². The van der Waals surface area contributed by atoms with E-state index in [9.17, 15) is 9.59 Å². The lowest BCUT2D eigenvalue weighted by Crippen LogP contribution is -2.57. The fraction of sp³-hybridized carbons (Fsp3) is 0.385. The number of amides is 2. The second-order valence-electron chi connectivity index (χ2n) is 9.16. The Kier molecular flexibility index (Phi) is 6.15. The third kappa shape index (κ3) is 4.65. The molecule has 172 valence electrons. The molecule has 3 atom stereocenters. The summed E-state index contributed by atoms with van der Waals surface area (Å²) >= 11 is 0. The fourth-order valence-corrected chi connectivity index (χ4v) is 5.26. The maximum atomic E-state index is 12.5. The third-order valence-electron chi connectivity index (χ3n) is 6.95. The quantitative estimate of drug-likeness (QED) is 0.523. The molecule has 0 aliphatic carbocycles. The maximum absolute atomic E-state index is 12.5. The third-order valence-corrected chi connectivity index (χ3v) is 6.95. The molecule has 1 aromatic heterocycles. The van der Waals surface area contributed by atoms with E-state index in [0.717, 1.165) is 31.6 Å². The molecule has 33 heavy (non-hydrogen) atoms. The summed E-state index contributed by atoms with van der Waals surface area (Å²) in [6, 6.07) is 18.3. The smallest absolute Gasteiger partial charge is 0.237 e. The minimum absolute atomic E-state index is 0.0134. The number of nitrogens with zero attached hydrogens (tertiary/aromatic N) is 2. The first-order chi connectivity index (χ1) is 16.1. The van der Waals surface area contributed by atoms with Crippen LogP contribution in [0.1, 0.15) is 24.8 Å². The number of para-hydroxylation sites is 2. The second kappa shape index (κ2) is 9.37. The van der Waals surface area contributed by atoms with Gasteiger partial charge in [0.2, 0.25) is 11.8 Å². The molecule has 2 saturated heterocycles. The first-order valence-corrected chi connectivity index (χ1v) is 11.7. The van der Waals surface area contributed by atoms with Crippen LogP contribution in [0.25, 0.3) is 10.9 Å². The average molecular weight is 446 g/mol. The average Bonchev–Trinajstić information content (AvgIpc) is 3.40. The van der Waals surface area contributed by atoms with E-state index in [4.69, 9.17) is 0 Å². The van der Waals surface area contributed by atoms with Crippen LogP contribution in [0.4, 0.5) is 5.69 Å². The lowest BCUT2D eigenvalue weighted by molar-refractivity contribution is -0.129. The number of rotatable bonds is 7. The molecule has 0 radical (unpaired) electrons. The molecule has 2 aliphatic rings. The number of anilines is 1. The summed E-state index contributed by atoms with van der Waals surface area (Å²) in [5.41, 5.74) is 3.32. The minimum atomic E-state index is -0.119. The van der Waals surface area contributed by atoms with E-state index in [0.29, 0.717) is 13.0 Å². The zero-order valence-corrected chi connectivity index (χ0v) is 19.0. The van der Waals surface area contributed by atoms with E-state index >= 15 is 0 Å². The Labute approximate surface area is 194 Å². The van der Waals surface area contributed by atoms with Crippen LogP contribution in [-0.2, 0) is 23.2 Å². The number of piperazine rings is 1. The Bertz CT molecular complexity index is 1140. The molecule has 2 aromatic carbocycles. The van der Waals surface area contributed by atoms with E-state index in [-0.39, 0.29) is 29.9 Å². The number of benzene rings is 2. The van der Waals surface area contributed by atoms with Gasteiger partial charge in [-0.1, -0.05) is 36.4 Å². The van der Waals surface area contributed by atoms with Gasteiger partial charge in [0.15, 0.2) is 0 Å². The SMILES string of the molecule is Cn1cc(CN[C@@H]2C[C@@H]3C(=O)NC[C@@H](CCC(=O)Nc4ccccc4)N3C2)c2ccccc21.